The van der Waals surface area contributed by atoms with E-state index in [0.29, 0.717) is 24.3 Å². The lowest BCUT2D eigenvalue weighted by Gasteiger charge is -2.46. The number of carbonyl (C=O) groups excluding carboxylic acids is 4. The maximum absolute atomic E-state index is 13.8. The number of hydrogen-bond acceptors (Lipinski definition) is 10. The third kappa shape index (κ3) is 4.66. The molecule has 0 spiro atoms. The van der Waals surface area contributed by atoms with Gasteiger partial charge >= 0.3 is 5.97 Å². The molecule has 0 bridgehead atoms. The highest BCUT2D eigenvalue weighted by molar-refractivity contribution is 6.22. The smallest absolute Gasteiger partial charge is 0.319 e. The number of aliphatic hydroxyl groups excluding tert-OH is 2. The van der Waals surface area contributed by atoms with E-state index in [1.54, 1.807) is 13.0 Å². The van der Waals surface area contributed by atoms with Crippen LogP contribution in [0.3, 0.4) is 0 Å². The summed E-state index contributed by atoms with van der Waals surface area (Å²) >= 11 is 0. The SMILES string of the molecule is CCOC(=O)CNCc1ccc(-c2ccc(O)c3c2C[C@H]2C[C@H]4CC(=O)C(C(N)=O)=C(O)[C@@]4(O)C(=O)C2=C3O)c2ccccc12. The Hall–Kier alpha value is -5.00. The van der Waals surface area contributed by atoms with Gasteiger partial charge in [-0.1, -0.05) is 42.5 Å². The Kier molecular flexibility index (Phi) is 7.46. The first-order valence-electron chi connectivity index (χ1n) is 14.7. The van der Waals surface area contributed by atoms with Gasteiger partial charge in [0.2, 0.25) is 5.78 Å². The Labute approximate surface area is 257 Å². The number of carbonyl (C=O) groups is 4. The predicted octanol–water partition coefficient (Wildman–Crippen LogP) is 2.90. The molecule has 1 fully saturated rings. The first-order chi connectivity index (χ1) is 21.5. The molecular formula is C34H32N2O9. The van der Waals surface area contributed by atoms with Gasteiger partial charge in [-0.15, -0.1) is 0 Å². The molecule has 7 N–H and O–H groups in total. The molecule has 11 nitrogen and oxygen atoms in total. The van der Waals surface area contributed by atoms with Gasteiger partial charge in [-0.3, -0.25) is 19.2 Å². The summed E-state index contributed by atoms with van der Waals surface area (Å²) < 4.78 is 4.99. The zero-order chi connectivity index (χ0) is 32.2. The predicted molar refractivity (Wildman–Crippen MR) is 163 cm³/mol. The second kappa shape index (κ2) is 11.2. The summed E-state index contributed by atoms with van der Waals surface area (Å²) in [4.78, 5) is 50.2. The minimum Gasteiger partial charge on any atom is -0.508 e. The molecule has 1 amide bonds. The number of benzene rings is 3. The zero-order valence-electron chi connectivity index (χ0n) is 24.4. The summed E-state index contributed by atoms with van der Waals surface area (Å²) in [5.41, 5.74) is 4.72. The van der Waals surface area contributed by atoms with Crippen molar-refractivity contribution < 1.29 is 44.3 Å². The molecule has 3 aromatic carbocycles. The number of phenolic OH excluding ortho intramolecular Hbond substituents is 1. The molecule has 232 valence electrons. The molecular weight excluding hydrogens is 580 g/mol. The second-order valence-corrected chi connectivity index (χ2v) is 11.6. The highest BCUT2D eigenvalue weighted by atomic mass is 16.5. The van der Waals surface area contributed by atoms with Gasteiger partial charge in [-0.25, -0.2) is 0 Å². The van der Waals surface area contributed by atoms with Gasteiger partial charge in [0.25, 0.3) is 5.91 Å². The number of nitrogens with one attached hydrogen (secondary N) is 1. The van der Waals surface area contributed by atoms with E-state index in [0.717, 1.165) is 21.9 Å². The zero-order valence-corrected chi connectivity index (χ0v) is 24.4. The number of ketones is 2. The second-order valence-electron chi connectivity index (χ2n) is 11.6. The lowest BCUT2D eigenvalue weighted by molar-refractivity contribution is -0.147. The molecule has 3 aliphatic rings. The minimum atomic E-state index is -2.61. The van der Waals surface area contributed by atoms with Gasteiger partial charge < -0.3 is 36.2 Å². The quantitative estimate of drug-likeness (QED) is 0.170. The van der Waals surface area contributed by atoms with Crippen LogP contribution in [0.4, 0.5) is 0 Å². The molecule has 11 heteroatoms. The summed E-state index contributed by atoms with van der Waals surface area (Å²) in [7, 11) is 0. The Bertz CT molecular complexity index is 1870. The van der Waals surface area contributed by atoms with Crippen molar-refractivity contribution in [3.63, 3.8) is 0 Å². The average Bonchev–Trinajstić information content (AvgIpc) is 2.99. The van der Waals surface area contributed by atoms with E-state index in [-0.39, 0.29) is 48.7 Å². The maximum atomic E-state index is 13.8. The molecule has 0 saturated heterocycles. The molecule has 0 radical (unpaired) electrons. The van der Waals surface area contributed by atoms with E-state index >= 15 is 0 Å². The molecule has 0 unspecified atom stereocenters. The fourth-order valence-electron chi connectivity index (χ4n) is 7.14. The van der Waals surface area contributed by atoms with E-state index in [2.05, 4.69) is 5.32 Å². The normalized spacial score (nSPS) is 22.6. The van der Waals surface area contributed by atoms with Crippen molar-refractivity contribution in [2.75, 3.05) is 13.2 Å². The van der Waals surface area contributed by atoms with E-state index in [1.807, 2.05) is 36.4 Å². The van der Waals surface area contributed by atoms with Crippen LogP contribution >= 0.6 is 0 Å². The minimum absolute atomic E-state index is 0.0314. The number of rotatable bonds is 7. The number of aliphatic hydroxyl groups is 3. The van der Waals surface area contributed by atoms with Gasteiger partial charge in [-0.2, -0.15) is 0 Å². The first-order valence-corrected chi connectivity index (χ1v) is 14.7. The molecule has 1 saturated carbocycles. The van der Waals surface area contributed by atoms with Gasteiger partial charge in [0.15, 0.2) is 11.4 Å². The Morgan fingerprint density at radius 1 is 1.00 bits per heavy atom. The lowest BCUT2D eigenvalue weighted by Crippen LogP contribution is -2.58. The molecule has 0 heterocycles. The largest absolute Gasteiger partial charge is 0.508 e. The number of Topliss-reactive ketones (excluding diaryl/α,β-unsaturated/α-hetero) is 2. The molecule has 0 aromatic heterocycles. The number of fused-ring (bicyclic) bond motifs is 4. The summed E-state index contributed by atoms with van der Waals surface area (Å²) in [6.45, 7) is 2.51. The Balaban J connectivity index is 1.44. The van der Waals surface area contributed by atoms with Crippen LogP contribution < -0.4 is 11.1 Å². The van der Waals surface area contributed by atoms with Gasteiger partial charge in [0.1, 0.15) is 22.8 Å². The van der Waals surface area contributed by atoms with Crippen LogP contribution in [0.15, 0.2) is 65.4 Å². The van der Waals surface area contributed by atoms with E-state index in [9.17, 15) is 39.6 Å². The monoisotopic (exact) mass is 612 g/mol. The van der Waals surface area contributed by atoms with Crippen LogP contribution in [-0.4, -0.2) is 62.6 Å². The van der Waals surface area contributed by atoms with Crippen molar-refractivity contribution in [1.29, 1.82) is 0 Å². The third-order valence-corrected chi connectivity index (χ3v) is 9.14. The van der Waals surface area contributed by atoms with Crippen molar-refractivity contribution in [3.05, 3.63) is 82.1 Å². The number of amides is 1. The Morgan fingerprint density at radius 2 is 1.71 bits per heavy atom. The molecule has 3 aliphatic carbocycles. The topological polar surface area (TPSA) is 196 Å². The van der Waals surface area contributed by atoms with Crippen LogP contribution in [0, 0.1) is 11.8 Å². The fraction of sp³-hybridized carbons (Fsp3) is 0.294. The summed E-state index contributed by atoms with van der Waals surface area (Å²) in [6, 6.07) is 14.7. The van der Waals surface area contributed by atoms with Crippen molar-refractivity contribution in [1.82, 2.24) is 5.32 Å². The van der Waals surface area contributed by atoms with Crippen LogP contribution in [0.2, 0.25) is 0 Å². The maximum Gasteiger partial charge on any atom is 0.319 e. The van der Waals surface area contributed by atoms with Gasteiger partial charge in [-0.05, 0) is 64.8 Å². The van der Waals surface area contributed by atoms with Crippen LogP contribution in [0.5, 0.6) is 5.75 Å². The molecule has 6 rings (SSSR count). The average molecular weight is 613 g/mol. The van der Waals surface area contributed by atoms with Crippen molar-refractivity contribution in [2.45, 2.75) is 38.3 Å². The fourth-order valence-corrected chi connectivity index (χ4v) is 7.14. The van der Waals surface area contributed by atoms with Gasteiger partial charge in [0, 0.05) is 24.5 Å². The number of ether oxygens (including phenoxy) is 1. The summed E-state index contributed by atoms with van der Waals surface area (Å²) in [6.07, 6.45) is -0.149. The summed E-state index contributed by atoms with van der Waals surface area (Å²) in [5.74, 6) is -7.03. The number of aromatic hydroxyl groups is 1. The Morgan fingerprint density at radius 3 is 2.42 bits per heavy atom. The summed E-state index contributed by atoms with van der Waals surface area (Å²) in [5, 5.41) is 49.6. The van der Waals surface area contributed by atoms with E-state index < -0.39 is 52.0 Å². The number of phenols is 1. The molecule has 3 atom stereocenters. The standard InChI is InChI=1S/C34H32N2O9/c1-2-45-26(39)15-36-14-16-7-8-21(20-6-4-3-5-19(16)20)22-9-10-24(37)28-23(22)12-17-11-18-13-25(38)29(33(35)43)32(42)34(18,44)31(41)27(17)30(28)40/h3-10,17-18,36-37,40,42,44H,2,11-15H2,1H3,(H2,35,43)/t17-,18+,34+/m1/s1. The molecule has 3 aromatic rings. The molecule has 45 heavy (non-hydrogen) atoms. The van der Waals surface area contributed by atoms with Crippen LogP contribution in [0.25, 0.3) is 27.7 Å². The number of primary amides is 1. The highest BCUT2D eigenvalue weighted by Gasteiger charge is 2.60. The van der Waals surface area contributed by atoms with E-state index in [1.165, 1.54) is 6.07 Å². The number of hydrogen-bond donors (Lipinski definition) is 6. The van der Waals surface area contributed by atoms with E-state index in [4.69, 9.17) is 10.5 Å². The van der Waals surface area contributed by atoms with Crippen LogP contribution in [0.1, 0.15) is 36.5 Å². The third-order valence-electron chi connectivity index (χ3n) is 9.14. The van der Waals surface area contributed by atoms with Gasteiger partial charge in [0.05, 0.1) is 18.7 Å². The number of esters is 1. The van der Waals surface area contributed by atoms with Crippen LogP contribution in [-0.2, 0) is 36.9 Å². The number of nitrogens with two attached hydrogens (primary N) is 1. The van der Waals surface area contributed by atoms with Crippen molar-refractivity contribution in [3.8, 4) is 16.9 Å². The van der Waals surface area contributed by atoms with Crippen molar-refractivity contribution in [2.24, 2.45) is 17.6 Å². The highest BCUT2D eigenvalue weighted by Crippen LogP contribution is 2.53. The van der Waals surface area contributed by atoms with Crippen molar-refractivity contribution >= 4 is 40.0 Å². The molecule has 0 aliphatic heterocycles. The lowest BCUT2D eigenvalue weighted by atomic mass is 9.59. The first kappa shape index (κ1) is 30.0.